The number of hydrogen-bond acceptors (Lipinski definition) is 2. The molecule has 0 radical (unpaired) electrons. The van der Waals surface area contributed by atoms with Gasteiger partial charge in [0.1, 0.15) is 5.82 Å². The largest absolute Gasteiger partial charge is 0.573 e. The normalized spacial score (nSPS) is 11.5. The number of nitrogen functional groups attached to an aromatic ring is 1. The Hall–Kier alpha value is -1.46. The average Bonchev–Trinajstić information content (AvgIpc) is 1.96. The average molecular weight is 209 g/mol. The molecule has 0 aliphatic rings. The fourth-order valence-electron chi connectivity index (χ4n) is 0.933. The molecule has 2 nitrogen and oxygen atoms in total. The lowest BCUT2D eigenvalue weighted by molar-refractivity contribution is -0.274. The first kappa shape index (κ1) is 10.6. The van der Waals surface area contributed by atoms with Gasteiger partial charge in [0.2, 0.25) is 0 Å². The molecule has 1 aromatic carbocycles. The van der Waals surface area contributed by atoms with Gasteiger partial charge in [0, 0.05) is 6.07 Å². The number of aryl methyl sites for hydroxylation is 1. The van der Waals surface area contributed by atoms with E-state index in [1.54, 1.807) is 0 Å². The third kappa shape index (κ3) is 2.51. The van der Waals surface area contributed by atoms with Gasteiger partial charge < -0.3 is 10.5 Å². The molecule has 0 unspecified atom stereocenters. The molecule has 0 aliphatic heterocycles. The lowest BCUT2D eigenvalue weighted by Gasteiger charge is -2.12. The zero-order valence-corrected chi connectivity index (χ0v) is 7.15. The molecule has 0 heterocycles. The van der Waals surface area contributed by atoms with Crippen LogP contribution in [0, 0.1) is 12.7 Å². The summed E-state index contributed by atoms with van der Waals surface area (Å²) < 4.78 is 51.6. The van der Waals surface area contributed by atoms with Crippen LogP contribution in [0.2, 0.25) is 0 Å². The van der Waals surface area contributed by atoms with Gasteiger partial charge in [-0.05, 0) is 18.6 Å². The quantitative estimate of drug-likeness (QED) is 0.570. The molecule has 1 rings (SSSR count). The van der Waals surface area contributed by atoms with Gasteiger partial charge in [-0.25, -0.2) is 4.39 Å². The number of halogens is 4. The monoisotopic (exact) mass is 209 g/mol. The van der Waals surface area contributed by atoms with Crippen molar-refractivity contribution in [1.82, 2.24) is 0 Å². The minimum atomic E-state index is -4.87. The van der Waals surface area contributed by atoms with Crippen LogP contribution < -0.4 is 10.5 Å². The van der Waals surface area contributed by atoms with Crippen LogP contribution in [0.5, 0.6) is 5.75 Å². The summed E-state index contributed by atoms with van der Waals surface area (Å²) in [7, 11) is 0. The number of nitrogens with two attached hydrogens (primary N) is 1. The van der Waals surface area contributed by atoms with E-state index in [-0.39, 0.29) is 11.3 Å². The summed E-state index contributed by atoms with van der Waals surface area (Å²) in [4.78, 5) is 0. The van der Waals surface area contributed by atoms with Crippen LogP contribution in [0.4, 0.5) is 23.2 Å². The third-order valence-electron chi connectivity index (χ3n) is 1.54. The van der Waals surface area contributed by atoms with Crippen molar-refractivity contribution in [3.63, 3.8) is 0 Å². The second kappa shape index (κ2) is 3.36. The van der Waals surface area contributed by atoms with Crippen LogP contribution in [0.15, 0.2) is 12.1 Å². The molecular weight excluding hydrogens is 202 g/mol. The van der Waals surface area contributed by atoms with Crippen molar-refractivity contribution in [3.05, 3.63) is 23.5 Å². The first-order valence-electron chi connectivity index (χ1n) is 3.61. The maximum atomic E-state index is 12.7. The summed E-state index contributed by atoms with van der Waals surface area (Å²) in [6.45, 7) is 1.39. The number of alkyl halides is 3. The number of hydrogen-bond donors (Lipinski definition) is 1. The fraction of sp³-hybridized carbons (Fsp3) is 0.250. The maximum absolute atomic E-state index is 12.7. The molecule has 78 valence electrons. The molecule has 0 saturated heterocycles. The van der Waals surface area contributed by atoms with E-state index < -0.39 is 17.9 Å². The first-order valence-corrected chi connectivity index (χ1v) is 3.61. The summed E-state index contributed by atoms with van der Waals surface area (Å²) in [6, 6.07) is 1.62. The topological polar surface area (TPSA) is 35.2 Å². The Kier molecular flexibility index (Phi) is 2.55. The molecule has 6 heteroatoms. The van der Waals surface area contributed by atoms with Gasteiger partial charge in [0.05, 0.1) is 5.69 Å². The lowest BCUT2D eigenvalue weighted by atomic mass is 10.2. The van der Waals surface area contributed by atoms with Crippen LogP contribution in [0.25, 0.3) is 0 Å². The van der Waals surface area contributed by atoms with Gasteiger partial charge in [0.15, 0.2) is 5.75 Å². The van der Waals surface area contributed by atoms with E-state index in [2.05, 4.69) is 4.74 Å². The van der Waals surface area contributed by atoms with Crippen molar-refractivity contribution in [2.45, 2.75) is 13.3 Å². The van der Waals surface area contributed by atoms with Crippen LogP contribution in [0.1, 0.15) is 5.56 Å². The predicted molar refractivity (Wildman–Crippen MR) is 42.2 cm³/mol. The van der Waals surface area contributed by atoms with Crippen LogP contribution in [0.3, 0.4) is 0 Å². The highest BCUT2D eigenvalue weighted by molar-refractivity contribution is 5.58. The molecule has 0 bridgehead atoms. The summed E-state index contributed by atoms with van der Waals surface area (Å²) in [5.41, 5.74) is 5.25. The van der Waals surface area contributed by atoms with Crippen molar-refractivity contribution in [2.75, 3.05) is 5.73 Å². The third-order valence-corrected chi connectivity index (χ3v) is 1.54. The van der Waals surface area contributed by atoms with Gasteiger partial charge >= 0.3 is 6.36 Å². The summed E-state index contributed by atoms with van der Waals surface area (Å²) in [6.07, 6.45) is -4.87. The highest BCUT2D eigenvalue weighted by Gasteiger charge is 2.32. The van der Waals surface area contributed by atoms with Gasteiger partial charge in [0.25, 0.3) is 0 Å². The van der Waals surface area contributed by atoms with Crippen LogP contribution in [-0.2, 0) is 0 Å². The van der Waals surface area contributed by atoms with Gasteiger partial charge in [-0.1, -0.05) is 0 Å². The SMILES string of the molecule is Cc1cc(F)cc(OC(F)(F)F)c1N. The number of ether oxygens (including phenoxy) is 1. The van der Waals surface area contributed by atoms with Crippen molar-refractivity contribution < 1.29 is 22.3 Å². The smallest absolute Gasteiger partial charge is 0.403 e. The highest BCUT2D eigenvalue weighted by atomic mass is 19.4. The summed E-state index contributed by atoms with van der Waals surface area (Å²) in [5.74, 6) is -1.54. The highest BCUT2D eigenvalue weighted by Crippen LogP contribution is 2.31. The van der Waals surface area contributed by atoms with Crippen LogP contribution in [-0.4, -0.2) is 6.36 Å². The van der Waals surface area contributed by atoms with E-state index in [9.17, 15) is 17.6 Å². The van der Waals surface area contributed by atoms with Gasteiger partial charge in [-0.15, -0.1) is 13.2 Å². The van der Waals surface area contributed by atoms with Gasteiger partial charge in [-0.2, -0.15) is 0 Å². The maximum Gasteiger partial charge on any atom is 0.573 e. The van der Waals surface area contributed by atoms with E-state index in [1.807, 2.05) is 0 Å². The van der Waals surface area contributed by atoms with E-state index >= 15 is 0 Å². The second-order valence-corrected chi connectivity index (χ2v) is 2.68. The Morgan fingerprint density at radius 3 is 2.36 bits per heavy atom. The molecule has 0 fully saturated rings. The Labute approximate surface area is 77.3 Å². The molecular formula is C8H7F4NO. The summed E-state index contributed by atoms with van der Waals surface area (Å²) in [5, 5.41) is 0. The Morgan fingerprint density at radius 2 is 1.86 bits per heavy atom. The standard InChI is InChI=1S/C8H7F4NO/c1-4-2-5(9)3-6(7(4)13)14-8(10,11)12/h2-3H,13H2,1H3. The van der Waals surface area contributed by atoms with Crippen molar-refractivity contribution >= 4 is 5.69 Å². The number of rotatable bonds is 1. The second-order valence-electron chi connectivity index (χ2n) is 2.68. The fourth-order valence-corrected chi connectivity index (χ4v) is 0.933. The molecule has 14 heavy (non-hydrogen) atoms. The van der Waals surface area contributed by atoms with E-state index in [0.717, 1.165) is 6.07 Å². The number of benzene rings is 1. The number of anilines is 1. The lowest BCUT2D eigenvalue weighted by Crippen LogP contribution is -2.18. The molecule has 0 spiro atoms. The van der Waals surface area contributed by atoms with Crippen molar-refractivity contribution in [1.29, 1.82) is 0 Å². The predicted octanol–water partition coefficient (Wildman–Crippen LogP) is 2.61. The molecule has 0 amide bonds. The Bertz CT molecular complexity index is 348. The molecule has 0 aromatic heterocycles. The minimum absolute atomic E-state index is 0.198. The Balaban J connectivity index is 3.09. The van der Waals surface area contributed by atoms with Crippen LogP contribution >= 0.6 is 0 Å². The minimum Gasteiger partial charge on any atom is -0.403 e. The Morgan fingerprint density at radius 1 is 1.29 bits per heavy atom. The van der Waals surface area contributed by atoms with E-state index in [0.29, 0.717) is 6.07 Å². The molecule has 0 saturated carbocycles. The molecule has 0 aliphatic carbocycles. The summed E-state index contributed by atoms with van der Waals surface area (Å²) >= 11 is 0. The zero-order valence-electron chi connectivity index (χ0n) is 7.15. The molecule has 2 N–H and O–H groups in total. The van der Waals surface area contributed by atoms with Crippen molar-refractivity contribution in [3.8, 4) is 5.75 Å². The first-order chi connectivity index (χ1) is 6.29. The van der Waals surface area contributed by atoms with Crippen molar-refractivity contribution in [2.24, 2.45) is 0 Å². The van der Waals surface area contributed by atoms with E-state index in [4.69, 9.17) is 5.73 Å². The molecule has 0 atom stereocenters. The van der Waals surface area contributed by atoms with E-state index in [1.165, 1.54) is 6.92 Å². The van der Waals surface area contributed by atoms with Gasteiger partial charge in [-0.3, -0.25) is 0 Å². The molecule has 1 aromatic rings. The zero-order chi connectivity index (χ0) is 10.9.